The SMILES string of the molecule is COc1ccc(N(C)CC(=O)Nc2ccccc2C(=O)NC2CC2)cc1OC. The number of rotatable bonds is 8. The van der Waals surface area contributed by atoms with Crippen LogP contribution in [-0.2, 0) is 4.79 Å². The molecule has 0 aliphatic heterocycles. The number of hydrogen-bond donors (Lipinski definition) is 2. The zero-order valence-electron chi connectivity index (χ0n) is 16.3. The number of nitrogens with zero attached hydrogens (tertiary/aromatic N) is 1. The van der Waals surface area contributed by atoms with E-state index in [1.165, 1.54) is 0 Å². The Morgan fingerprint density at radius 1 is 1.07 bits per heavy atom. The Bertz CT molecular complexity index is 864. The lowest BCUT2D eigenvalue weighted by Crippen LogP contribution is -2.31. The third kappa shape index (κ3) is 4.73. The van der Waals surface area contributed by atoms with Crippen molar-refractivity contribution in [3.05, 3.63) is 48.0 Å². The monoisotopic (exact) mass is 383 g/mol. The number of anilines is 2. The highest BCUT2D eigenvalue weighted by atomic mass is 16.5. The molecule has 7 heteroatoms. The van der Waals surface area contributed by atoms with Gasteiger partial charge in [0.05, 0.1) is 32.0 Å². The van der Waals surface area contributed by atoms with Gasteiger partial charge in [0.2, 0.25) is 5.91 Å². The molecule has 1 aliphatic carbocycles. The van der Waals surface area contributed by atoms with Gasteiger partial charge in [-0.15, -0.1) is 0 Å². The number of ether oxygens (including phenoxy) is 2. The minimum Gasteiger partial charge on any atom is -0.493 e. The summed E-state index contributed by atoms with van der Waals surface area (Å²) in [7, 11) is 4.95. The lowest BCUT2D eigenvalue weighted by molar-refractivity contribution is -0.114. The summed E-state index contributed by atoms with van der Waals surface area (Å²) in [5.74, 6) is 0.838. The fourth-order valence-corrected chi connectivity index (χ4v) is 2.84. The molecule has 0 unspecified atom stereocenters. The number of hydrogen-bond acceptors (Lipinski definition) is 5. The van der Waals surface area contributed by atoms with Crippen molar-refractivity contribution >= 4 is 23.2 Å². The molecule has 1 fully saturated rings. The Balaban J connectivity index is 1.66. The van der Waals surface area contributed by atoms with Crippen LogP contribution >= 0.6 is 0 Å². The molecule has 3 rings (SSSR count). The topological polar surface area (TPSA) is 79.9 Å². The molecular formula is C21H25N3O4. The average Bonchev–Trinajstić information content (AvgIpc) is 3.51. The summed E-state index contributed by atoms with van der Waals surface area (Å²) in [6.45, 7) is 0.119. The third-order valence-electron chi connectivity index (χ3n) is 4.55. The van der Waals surface area contributed by atoms with Crippen LogP contribution in [0.2, 0.25) is 0 Å². The van der Waals surface area contributed by atoms with E-state index in [1.807, 2.05) is 19.2 Å². The molecule has 7 nitrogen and oxygen atoms in total. The zero-order valence-corrected chi connectivity index (χ0v) is 16.3. The Kier molecular flexibility index (Phi) is 6.03. The highest BCUT2D eigenvalue weighted by Crippen LogP contribution is 2.31. The number of carbonyl (C=O) groups is 2. The first kappa shape index (κ1) is 19.5. The number of carbonyl (C=O) groups excluding carboxylic acids is 2. The molecule has 0 atom stereocenters. The first-order valence-corrected chi connectivity index (χ1v) is 9.14. The average molecular weight is 383 g/mol. The van der Waals surface area contributed by atoms with E-state index in [0.717, 1.165) is 18.5 Å². The summed E-state index contributed by atoms with van der Waals surface area (Å²) >= 11 is 0. The van der Waals surface area contributed by atoms with Crippen LogP contribution in [0.4, 0.5) is 11.4 Å². The Labute approximate surface area is 164 Å². The molecule has 0 radical (unpaired) electrons. The van der Waals surface area contributed by atoms with Crippen molar-refractivity contribution in [1.82, 2.24) is 5.32 Å². The van der Waals surface area contributed by atoms with Gasteiger partial charge in [0.15, 0.2) is 11.5 Å². The molecule has 0 heterocycles. The Morgan fingerprint density at radius 3 is 2.46 bits per heavy atom. The van der Waals surface area contributed by atoms with Gasteiger partial charge in [0, 0.05) is 24.8 Å². The van der Waals surface area contributed by atoms with Gasteiger partial charge in [-0.2, -0.15) is 0 Å². The molecule has 28 heavy (non-hydrogen) atoms. The molecule has 2 aromatic rings. The Hall–Kier alpha value is -3.22. The summed E-state index contributed by atoms with van der Waals surface area (Å²) in [5.41, 5.74) is 1.79. The van der Waals surface area contributed by atoms with Crippen LogP contribution in [-0.4, -0.2) is 45.7 Å². The van der Waals surface area contributed by atoms with E-state index >= 15 is 0 Å². The van der Waals surface area contributed by atoms with Gasteiger partial charge in [-0.1, -0.05) is 12.1 Å². The molecular weight excluding hydrogens is 358 g/mol. The van der Waals surface area contributed by atoms with E-state index in [1.54, 1.807) is 49.5 Å². The van der Waals surface area contributed by atoms with Crippen LogP contribution in [0, 0.1) is 0 Å². The summed E-state index contributed by atoms with van der Waals surface area (Å²) in [5, 5.41) is 5.79. The first-order chi connectivity index (χ1) is 13.5. The molecule has 0 spiro atoms. The van der Waals surface area contributed by atoms with Crippen molar-refractivity contribution < 1.29 is 19.1 Å². The smallest absolute Gasteiger partial charge is 0.253 e. The van der Waals surface area contributed by atoms with Gasteiger partial charge in [-0.25, -0.2) is 0 Å². The number of para-hydroxylation sites is 1. The highest BCUT2D eigenvalue weighted by Gasteiger charge is 2.25. The van der Waals surface area contributed by atoms with Crippen molar-refractivity contribution in [2.75, 3.05) is 38.0 Å². The summed E-state index contributed by atoms with van der Waals surface area (Å²) < 4.78 is 10.5. The summed E-state index contributed by atoms with van der Waals surface area (Å²) in [6.07, 6.45) is 2.02. The lowest BCUT2D eigenvalue weighted by Gasteiger charge is -2.20. The molecule has 0 saturated heterocycles. The molecule has 0 bridgehead atoms. The third-order valence-corrected chi connectivity index (χ3v) is 4.55. The van der Waals surface area contributed by atoms with Crippen LogP contribution in [0.5, 0.6) is 11.5 Å². The fourth-order valence-electron chi connectivity index (χ4n) is 2.84. The quantitative estimate of drug-likeness (QED) is 0.733. The van der Waals surface area contributed by atoms with Crippen molar-refractivity contribution in [2.24, 2.45) is 0 Å². The number of methoxy groups -OCH3 is 2. The summed E-state index contributed by atoms with van der Waals surface area (Å²) in [6, 6.07) is 12.7. The van der Waals surface area contributed by atoms with Crippen molar-refractivity contribution in [2.45, 2.75) is 18.9 Å². The van der Waals surface area contributed by atoms with Gasteiger partial charge < -0.3 is 25.0 Å². The van der Waals surface area contributed by atoms with E-state index in [2.05, 4.69) is 10.6 Å². The van der Waals surface area contributed by atoms with Gasteiger partial charge in [-0.05, 0) is 37.1 Å². The maximum atomic E-state index is 12.5. The van der Waals surface area contributed by atoms with E-state index < -0.39 is 0 Å². The van der Waals surface area contributed by atoms with Gasteiger partial charge >= 0.3 is 0 Å². The molecule has 1 aliphatic rings. The fraction of sp³-hybridized carbons (Fsp3) is 0.333. The summed E-state index contributed by atoms with van der Waals surface area (Å²) in [4.78, 5) is 26.7. The van der Waals surface area contributed by atoms with E-state index in [0.29, 0.717) is 22.7 Å². The van der Waals surface area contributed by atoms with Gasteiger partial charge in [0.1, 0.15) is 0 Å². The van der Waals surface area contributed by atoms with Gasteiger partial charge in [0.25, 0.3) is 5.91 Å². The predicted molar refractivity (Wildman–Crippen MR) is 108 cm³/mol. The number of nitrogens with one attached hydrogen (secondary N) is 2. The highest BCUT2D eigenvalue weighted by molar-refractivity contribution is 6.04. The van der Waals surface area contributed by atoms with Crippen molar-refractivity contribution in [3.8, 4) is 11.5 Å². The minimum absolute atomic E-state index is 0.119. The molecule has 1 saturated carbocycles. The second-order valence-electron chi connectivity index (χ2n) is 6.74. The predicted octanol–water partition coefficient (Wildman–Crippen LogP) is 2.67. The maximum absolute atomic E-state index is 12.5. The normalized spacial score (nSPS) is 12.8. The van der Waals surface area contributed by atoms with Crippen LogP contribution in [0.15, 0.2) is 42.5 Å². The zero-order chi connectivity index (χ0) is 20.1. The number of amides is 2. The van der Waals surface area contributed by atoms with E-state index in [4.69, 9.17) is 9.47 Å². The molecule has 2 amide bonds. The Morgan fingerprint density at radius 2 is 1.79 bits per heavy atom. The van der Waals surface area contributed by atoms with Crippen LogP contribution in [0.3, 0.4) is 0 Å². The molecule has 148 valence electrons. The number of likely N-dealkylation sites (N-methyl/N-ethyl adjacent to an activating group) is 1. The van der Waals surface area contributed by atoms with Crippen LogP contribution in [0.1, 0.15) is 23.2 Å². The largest absolute Gasteiger partial charge is 0.493 e. The standard InChI is InChI=1S/C21H25N3O4/c1-24(15-10-11-18(27-2)19(12-15)28-3)13-20(25)23-17-7-5-4-6-16(17)21(26)22-14-8-9-14/h4-7,10-12,14H,8-9,13H2,1-3H3,(H,22,26)(H,23,25). The van der Waals surface area contributed by atoms with E-state index in [9.17, 15) is 9.59 Å². The molecule has 2 N–H and O–H groups in total. The van der Waals surface area contributed by atoms with Crippen molar-refractivity contribution in [1.29, 1.82) is 0 Å². The van der Waals surface area contributed by atoms with Crippen LogP contribution < -0.4 is 25.0 Å². The van der Waals surface area contributed by atoms with E-state index in [-0.39, 0.29) is 24.4 Å². The number of benzene rings is 2. The molecule has 0 aromatic heterocycles. The lowest BCUT2D eigenvalue weighted by atomic mass is 10.1. The second-order valence-corrected chi connectivity index (χ2v) is 6.74. The minimum atomic E-state index is -0.219. The van der Waals surface area contributed by atoms with Crippen LogP contribution in [0.25, 0.3) is 0 Å². The van der Waals surface area contributed by atoms with Crippen molar-refractivity contribution in [3.63, 3.8) is 0 Å². The van der Waals surface area contributed by atoms with Gasteiger partial charge in [-0.3, -0.25) is 9.59 Å². The molecule has 2 aromatic carbocycles. The second kappa shape index (κ2) is 8.65. The maximum Gasteiger partial charge on any atom is 0.253 e. The first-order valence-electron chi connectivity index (χ1n) is 9.14.